The maximum atomic E-state index is 13.1. The summed E-state index contributed by atoms with van der Waals surface area (Å²) in [5.74, 6) is -0.772. The Hall–Kier alpha value is -1.91. The van der Waals surface area contributed by atoms with Crippen LogP contribution >= 0.6 is 0 Å². The standard InChI is InChI=1S/C10H8F2N2O/c11-8-2-1-7(9(12)5-8)6-15-10-3-4-13-14-10/h1-5H,6H2,(H,13,14). The Bertz CT molecular complexity index is 443. The maximum Gasteiger partial charge on any atom is 0.209 e. The topological polar surface area (TPSA) is 37.9 Å². The minimum Gasteiger partial charge on any atom is -0.473 e. The number of ether oxygens (including phenoxy) is 1. The summed E-state index contributed by atoms with van der Waals surface area (Å²) in [6, 6.07) is 4.98. The summed E-state index contributed by atoms with van der Waals surface area (Å²) >= 11 is 0. The summed E-state index contributed by atoms with van der Waals surface area (Å²) in [5, 5.41) is 6.24. The molecule has 0 saturated carbocycles. The third-order valence-electron chi connectivity index (χ3n) is 1.87. The molecular weight excluding hydrogens is 202 g/mol. The number of halogens is 2. The summed E-state index contributed by atoms with van der Waals surface area (Å²) in [7, 11) is 0. The minimum atomic E-state index is -0.616. The van der Waals surface area contributed by atoms with Crippen molar-refractivity contribution in [2.24, 2.45) is 0 Å². The van der Waals surface area contributed by atoms with E-state index in [4.69, 9.17) is 4.74 Å². The Morgan fingerprint density at radius 3 is 2.80 bits per heavy atom. The number of aromatic nitrogens is 2. The van der Waals surface area contributed by atoms with Crippen LogP contribution in [0.15, 0.2) is 30.5 Å². The lowest BCUT2D eigenvalue weighted by molar-refractivity contribution is 0.287. The number of nitrogens with zero attached hydrogens (tertiary/aromatic N) is 1. The predicted octanol–water partition coefficient (Wildman–Crippen LogP) is 2.27. The average molecular weight is 210 g/mol. The number of hydrogen-bond acceptors (Lipinski definition) is 2. The molecule has 5 heteroatoms. The lowest BCUT2D eigenvalue weighted by Crippen LogP contribution is -1.99. The Balaban J connectivity index is 2.05. The van der Waals surface area contributed by atoms with Gasteiger partial charge in [0.15, 0.2) is 0 Å². The summed E-state index contributed by atoms with van der Waals surface area (Å²) in [4.78, 5) is 0. The van der Waals surface area contributed by atoms with Crippen LogP contribution in [-0.4, -0.2) is 10.2 Å². The molecule has 0 spiro atoms. The molecule has 0 fully saturated rings. The van der Waals surface area contributed by atoms with Crippen LogP contribution in [0.25, 0.3) is 0 Å². The minimum absolute atomic E-state index is 0.0360. The molecule has 0 saturated heterocycles. The molecule has 0 aliphatic heterocycles. The SMILES string of the molecule is Fc1ccc(COc2ccn[nH]2)c(F)c1. The molecule has 2 aromatic rings. The van der Waals surface area contributed by atoms with E-state index in [9.17, 15) is 8.78 Å². The highest BCUT2D eigenvalue weighted by Gasteiger charge is 2.04. The van der Waals surface area contributed by atoms with Crippen LogP contribution in [0.5, 0.6) is 5.88 Å². The van der Waals surface area contributed by atoms with Gasteiger partial charge in [-0.1, -0.05) is 0 Å². The fourth-order valence-corrected chi connectivity index (χ4v) is 1.12. The molecule has 15 heavy (non-hydrogen) atoms. The van der Waals surface area contributed by atoms with Gasteiger partial charge in [-0.3, -0.25) is 0 Å². The first kappa shape index (κ1) is 9.64. The number of H-pyrrole nitrogens is 1. The Labute approximate surface area is 84.7 Å². The van der Waals surface area contributed by atoms with Crippen molar-refractivity contribution >= 4 is 0 Å². The third kappa shape index (κ3) is 2.31. The molecule has 3 nitrogen and oxygen atoms in total. The second-order valence-corrected chi connectivity index (χ2v) is 2.95. The maximum absolute atomic E-state index is 13.1. The molecule has 78 valence electrons. The molecule has 0 radical (unpaired) electrons. The molecule has 1 N–H and O–H groups in total. The van der Waals surface area contributed by atoms with E-state index >= 15 is 0 Å². The van der Waals surface area contributed by atoms with E-state index in [1.54, 1.807) is 6.07 Å². The highest BCUT2D eigenvalue weighted by molar-refractivity contribution is 5.18. The number of aromatic amines is 1. The molecule has 0 unspecified atom stereocenters. The average Bonchev–Trinajstić information content (AvgIpc) is 2.69. The van der Waals surface area contributed by atoms with Crippen LogP contribution in [0.4, 0.5) is 8.78 Å². The summed E-state index contributed by atoms with van der Waals surface area (Å²) in [5.41, 5.74) is 0.297. The van der Waals surface area contributed by atoms with Gasteiger partial charge in [0, 0.05) is 17.7 Å². The van der Waals surface area contributed by atoms with Crippen LogP contribution < -0.4 is 4.74 Å². The zero-order chi connectivity index (χ0) is 10.7. The molecular formula is C10H8F2N2O. The summed E-state index contributed by atoms with van der Waals surface area (Å²) in [6.07, 6.45) is 1.52. The normalized spacial score (nSPS) is 10.3. The fraction of sp³-hybridized carbons (Fsp3) is 0.100. The van der Waals surface area contributed by atoms with E-state index in [0.29, 0.717) is 11.4 Å². The molecule has 1 aromatic carbocycles. The van der Waals surface area contributed by atoms with Gasteiger partial charge in [0.1, 0.15) is 18.2 Å². The largest absolute Gasteiger partial charge is 0.473 e. The second kappa shape index (κ2) is 4.08. The summed E-state index contributed by atoms with van der Waals surface area (Å²) in [6.45, 7) is 0.0360. The predicted molar refractivity (Wildman–Crippen MR) is 49.3 cm³/mol. The smallest absolute Gasteiger partial charge is 0.209 e. The second-order valence-electron chi connectivity index (χ2n) is 2.95. The van der Waals surface area contributed by atoms with Crippen LogP contribution in [0, 0.1) is 11.6 Å². The monoisotopic (exact) mass is 210 g/mol. The summed E-state index contributed by atoms with van der Waals surface area (Å²) < 4.78 is 30.9. The van der Waals surface area contributed by atoms with Gasteiger partial charge >= 0.3 is 0 Å². The van der Waals surface area contributed by atoms with Gasteiger partial charge in [-0.25, -0.2) is 13.9 Å². The van der Waals surface area contributed by atoms with Gasteiger partial charge in [-0.2, -0.15) is 5.10 Å². The van der Waals surface area contributed by atoms with Gasteiger partial charge in [0.05, 0.1) is 6.20 Å². The highest BCUT2D eigenvalue weighted by Crippen LogP contribution is 2.12. The molecule has 1 heterocycles. The first-order chi connectivity index (χ1) is 7.25. The molecule has 2 rings (SSSR count). The van der Waals surface area contributed by atoms with Crippen LogP contribution in [0.1, 0.15) is 5.56 Å². The third-order valence-corrected chi connectivity index (χ3v) is 1.87. The van der Waals surface area contributed by atoms with Crippen molar-refractivity contribution in [2.45, 2.75) is 6.61 Å². The molecule has 0 bridgehead atoms. The van der Waals surface area contributed by atoms with Crippen LogP contribution in [-0.2, 0) is 6.61 Å². The van der Waals surface area contributed by atoms with Gasteiger partial charge in [0.2, 0.25) is 5.88 Å². The fourth-order valence-electron chi connectivity index (χ4n) is 1.12. The Kier molecular flexibility index (Phi) is 2.62. The van der Waals surface area contributed by atoms with E-state index in [0.717, 1.165) is 6.07 Å². The Morgan fingerprint density at radius 1 is 1.27 bits per heavy atom. The van der Waals surface area contributed by atoms with Gasteiger partial charge in [-0.05, 0) is 12.1 Å². The van der Waals surface area contributed by atoms with E-state index < -0.39 is 11.6 Å². The highest BCUT2D eigenvalue weighted by atomic mass is 19.1. The lowest BCUT2D eigenvalue weighted by Gasteiger charge is -2.04. The van der Waals surface area contributed by atoms with Crippen LogP contribution in [0.2, 0.25) is 0 Å². The van der Waals surface area contributed by atoms with Gasteiger partial charge in [-0.15, -0.1) is 0 Å². The zero-order valence-corrected chi connectivity index (χ0v) is 7.71. The zero-order valence-electron chi connectivity index (χ0n) is 7.71. The molecule has 0 atom stereocenters. The van der Waals surface area contributed by atoms with Crippen molar-refractivity contribution in [1.29, 1.82) is 0 Å². The molecule has 0 aliphatic carbocycles. The number of benzene rings is 1. The molecule has 0 amide bonds. The van der Waals surface area contributed by atoms with Gasteiger partial charge in [0.25, 0.3) is 0 Å². The first-order valence-corrected chi connectivity index (χ1v) is 4.32. The van der Waals surface area contributed by atoms with Crippen molar-refractivity contribution in [3.8, 4) is 5.88 Å². The van der Waals surface area contributed by atoms with Crippen molar-refractivity contribution in [2.75, 3.05) is 0 Å². The first-order valence-electron chi connectivity index (χ1n) is 4.32. The number of rotatable bonds is 3. The van der Waals surface area contributed by atoms with E-state index in [-0.39, 0.29) is 6.61 Å². The van der Waals surface area contributed by atoms with E-state index in [2.05, 4.69) is 10.2 Å². The van der Waals surface area contributed by atoms with E-state index in [1.165, 1.54) is 18.3 Å². The van der Waals surface area contributed by atoms with Crippen molar-refractivity contribution in [1.82, 2.24) is 10.2 Å². The molecule has 1 aromatic heterocycles. The number of hydrogen-bond donors (Lipinski definition) is 1. The van der Waals surface area contributed by atoms with Crippen LogP contribution in [0.3, 0.4) is 0 Å². The van der Waals surface area contributed by atoms with Crippen molar-refractivity contribution < 1.29 is 13.5 Å². The van der Waals surface area contributed by atoms with E-state index in [1.807, 2.05) is 0 Å². The quantitative estimate of drug-likeness (QED) is 0.843. The van der Waals surface area contributed by atoms with Gasteiger partial charge < -0.3 is 4.74 Å². The molecule has 0 aliphatic rings. The van der Waals surface area contributed by atoms with Crippen molar-refractivity contribution in [3.05, 3.63) is 47.7 Å². The Morgan fingerprint density at radius 2 is 2.13 bits per heavy atom. The van der Waals surface area contributed by atoms with Crippen molar-refractivity contribution in [3.63, 3.8) is 0 Å². The number of nitrogens with one attached hydrogen (secondary N) is 1. The lowest BCUT2D eigenvalue weighted by atomic mass is 10.2.